The largest absolute Gasteiger partial charge is 0.462 e. The van der Waals surface area contributed by atoms with E-state index in [0.29, 0.717) is 25.3 Å². The lowest BCUT2D eigenvalue weighted by atomic mass is 10.2. The normalized spacial score (nSPS) is 10.6. The standard InChI is InChI=1S/C15H18ClN3O2/c1-3-21-15(20)12-9-18-19(2)14(12)10-17-8-11-6-4-5-7-13(11)16/h4-7,9,17H,3,8,10H2,1-2H3. The number of halogens is 1. The molecule has 5 nitrogen and oxygen atoms in total. The van der Waals surface area contributed by atoms with E-state index in [-0.39, 0.29) is 5.97 Å². The van der Waals surface area contributed by atoms with Gasteiger partial charge in [-0.3, -0.25) is 4.68 Å². The predicted octanol–water partition coefficient (Wildman–Crippen LogP) is 2.54. The van der Waals surface area contributed by atoms with E-state index >= 15 is 0 Å². The van der Waals surface area contributed by atoms with Crippen molar-refractivity contribution in [1.29, 1.82) is 0 Å². The summed E-state index contributed by atoms with van der Waals surface area (Å²) in [7, 11) is 1.80. The summed E-state index contributed by atoms with van der Waals surface area (Å²) < 4.78 is 6.70. The molecule has 0 atom stereocenters. The minimum Gasteiger partial charge on any atom is -0.462 e. The number of hydrogen-bond donors (Lipinski definition) is 1. The van der Waals surface area contributed by atoms with Gasteiger partial charge in [-0.15, -0.1) is 0 Å². The third kappa shape index (κ3) is 3.83. The molecule has 0 fully saturated rings. The van der Waals surface area contributed by atoms with Crippen LogP contribution >= 0.6 is 11.6 Å². The summed E-state index contributed by atoms with van der Waals surface area (Å²) >= 11 is 6.11. The Morgan fingerprint density at radius 3 is 2.86 bits per heavy atom. The Hall–Kier alpha value is -1.85. The van der Waals surface area contributed by atoms with E-state index < -0.39 is 0 Å². The Kier molecular flexibility index (Phi) is 5.36. The summed E-state index contributed by atoms with van der Waals surface area (Å²) in [6.45, 7) is 3.26. The van der Waals surface area contributed by atoms with Crippen LogP contribution in [0, 0.1) is 0 Å². The number of aromatic nitrogens is 2. The molecule has 21 heavy (non-hydrogen) atoms. The van der Waals surface area contributed by atoms with Gasteiger partial charge in [0.05, 0.1) is 18.5 Å². The zero-order chi connectivity index (χ0) is 15.2. The Morgan fingerprint density at radius 2 is 2.14 bits per heavy atom. The summed E-state index contributed by atoms with van der Waals surface area (Å²) in [5.41, 5.74) is 2.30. The fraction of sp³-hybridized carbons (Fsp3) is 0.333. The number of nitrogens with one attached hydrogen (secondary N) is 1. The second-order valence-corrected chi connectivity index (χ2v) is 4.95. The molecule has 0 bridgehead atoms. The summed E-state index contributed by atoms with van der Waals surface area (Å²) in [4.78, 5) is 11.8. The molecule has 112 valence electrons. The maximum Gasteiger partial charge on any atom is 0.341 e. The summed E-state index contributed by atoms with van der Waals surface area (Å²) in [6.07, 6.45) is 1.53. The van der Waals surface area contributed by atoms with Crippen molar-refractivity contribution in [3.63, 3.8) is 0 Å². The highest BCUT2D eigenvalue weighted by Crippen LogP contribution is 2.15. The molecule has 0 aliphatic carbocycles. The molecular weight excluding hydrogens is 290 g/mol. The maximum absolute atomic E-state index is 11.8. The lowest BCUT2D eigenvalue weighted by Gasteiger charge is -2.09. The van der Waals surface area contributed by atoms with Gasteiger partial charge in [-0.1, -0.05) is 29.8 Å². The van der Waals surface area contributed by atoms with E-state index in [9.17, 15) is 4.79 Å². The van der Waals surface area contributed by atoms with E-state index in [1.165, 1.54) is 6.20 Å². The number of hydrogen-bond acceptors (Lipinski definition) is 4. The minimum atomic E-state index is -0.347. The Morgan fingerprint density at radius 1 is 1.38 bits per heavy atom. The fourth-order valence-electron chi connectivity index (χ4n) is 2.01. The van der Waals surface area contributed by atoms with Crippen molar-refractivity contribution in [2.45, 2.75) is 20.0 Å². The Bertz CT molecular complexity index is 625. The molecule has 0 saturated carbocycles. The van der Waals surface area contributed by atoms with Crippen molar-refractivity contribution in [2.24, 2.45) is 7.05 Å². The molecule has 1 heterocycles. The van der Waals surface area contributed by atoms with Crippen molar-refractivity contribution in [1.82, 2.24) is 15.1 Å². The average molecular weight is 308 g/mol. The van der Waals surface area contributed by atoms with Gasteiger partial charge in [0.1, 0.15) is 5.56 Å². The van der Waals surface area contributed by atoms with Crippen LogP contribution in [-0.4, -0.2) is 22.4 Å². The quantitative estimate of drug-likeness (QED) is 0.833. The molecule has 0 aliphatic rings. The van der Waals surface area contributed by atoms with Gasteiger partial charge < -0.3 is 10.1 Å². The zero-order valence-electron chi connectivity index (χ0n) is 12.1. The summed E-state index contributed by atoms with van der Waals surface area (Å²) in [5.74, 6) is -0.347. The number of ether oxygens (including phenoxy) is 1. The van der Waals surface area contributed by atoms with Crippen molar-refractivity contribution in [2.75, 3.05) is 6.61 Å². The van der Waals surface area contributed by atoms with Crippen LogP contribution in [0.15, 0.2) is 30.5 Å². The highest BCUT2D eigenvalue weighted by Gasteiger charge is 2.16. The number of rotatable bonds is 6. The second kappa shape index (κ2) is 7.24. The molecule has 0 amide bonds. The van der Waals surface area contributed by atoms with Crippen LogP contribution in [-0.2, 0) is 24.9 Å². The molecular formula is C15H18ClN3O2. The Labute approximate surface area is 128 Å². The molecule has 1 aromatic carbocycles. The fourth-order valence-corrected chi connectivity index (χ4v) is 2.21. The number of benzene rings is 1. The van der Waals surface area contributed by atoms with Crippen LogP contribution in [0.4, 0.5) is 0 Å². The van der Waals surface area contributed by atoms with Crippen molar-refractivity contribution in [3.8, 4) is 0 Å². The SMILES string of the molecule is CCOC(=O)c1cnn(C)c1CNCc1ccccc1Cl. The molecule has 1 N–H and O–H groups in total. The predicted molar refractivity (Wildman–Crippen MR) is 81.2 cm³/mol. The van der Waals surface area contributed by atoms with E-state index in [1.54, 1.807) is 18.7 Å². The van der Waals surface area contributed by atoms with Gasteiger partial charge in [-0.25, -0.2) is 4.79 Å². The monoisotopic (exact) mass is 307 g/mol. The van der Waals surface area contributed by atoms with Gasteiger partial charge in [-0.05, 0) is 18.6 Å². The topological polar surface area (TPSA) is 56.1 Å². The molecule has 6 heteroatoms. The second-order valence-electron chi connectivity index (χ2n) is 4.54. The van der Waals surface area contributed by atoms with E-state index in [4.69, 9.17) is 16.3 Å². The molecule has 0 spiro atoms. The first kappa shape index (κ1) is 15.5. The van der Waals surface area contributed by atoms with Crippen LogP contribution in [0.2, 0.25) is 5.02 Å². The van der Waals surface area contributed by atoms with E-state index in [1.807, 2.05) is 24.3 Å². The van der Waals surface area contributed by atoms with E-state index in [0.717, 1.165) is 16.3 Å². The van der Waals surface area contributed by atoms with Crippen molar-refractivity contribution < 1.29 is 9.53 Å². The molecule has 0 aliphatic heterocycles. The zero-order valence-corrected chi connectivity index (χ0v) is 12.9. The first-order chi connectivity index (χ1) is 10.1. The van der Waals surface area contributed by atoms with Gasteiger partial charge in [0.2, 0.25) is 0 Å². The van der Waals surface area contributed by atoms with Crippen LogP contribution in [0.1, 0.15) is 28.5 Å². The summed E-state index contributed by atoms with van der Waals surface area (Å²) in [6, 6.07) is 7.65. The first-order valence-electron chi connectivity index (χ1n) is 6.75. The number of carbonyl (C=O) groups excluding carboxylic acids is 1. The molecule has 0 saturated heterocycles. The van der Waals surface area contributed by atoms with Gasteiger partial charge in [-0.2, -0.15) is 5.10 Å². The average Bonchev–Trinajstić information content (AvgIpc) is 2.83. The summed E-state index contributed by atoms with van der Waals surface area (Å²) in [5, 5.41) is 8.11. The third-order valence-corrected chi connectivity index (χ3v) is 3.49. The van der Waals surface area contributed by atoms with Crippen LogP contribution in [0.25, 0.3) is 0 Å². The lowest BCUT2D eigenvalue weighted by molar-refractivity contribution is 0.0524. The molecule has 1 aromatic heterocycles. The van der Waals surface area contributed by atoms with Gasteiger partial charge in [0.15, 0.2) is 0 Å². The van der Waals surface area contributed by atoms with Gasteiger partial charge in [0, 0.05) is 25.2 Å². The molecule has 0 unspecified atom stereocenters. The number of nitrogens with zero attached hydrogens (tertiary/aromatic N) is 2. The van der Waals surface area contributed by atoms with Gasteiger partial charge >= 0.3 is 5.97 Å². The third-order valence-electron chi connectivity index (χ3n) is 3.12. The maximum atomic E-state index is 11.8. The Balaban J connectivity index is 2.02. The van der Waals surface area contributed by atoms with Crippen molar-refractivity contribution >= 4 is 17.6 Å². The minimum absolute atomic E-state index is 0.347. The van der Waals surface area contributed by atoms with Crippen LogP contribution < -0.4 is 5.32 Å². The number of carbonyl (C=O) groups is 1. The van der Waals surface area contributed by atoms with Crippen molar-refractivity contribution in [3.05, 3.63) is 52.3 Å². The molecule has 2 rings (SSSR count). The lowest BCUT2D eigenvalue weighted by Crippen LogP contribution is -2.18. The van der Waals surface area contributed by atoms with Crippen LogP contribution in [0.3, 0.4) is 0 Å². The highest BCUT2D eigenvalue weighted by molar-refractivity contribution is 6.31. The van der Waals surface area contributed by atoms with Crippen LogP contribution in [0.5, 0.6) is 0 Å². The number of aryl methyl sites for hydroxylation is 1. The van der Waals surface area contributed by atoms with Gasteiger partial charge in [0.25, 0.3) is 0 Å². The molecule has 0 radical (unpaired) electrons. The number of esters is 1. The smallest absolute Gasteiger partial charge is 0.341 e. The highest BCUT2D eigenvalue weighted by atomic mass is 35.5. The van der Waals surface area contributed by atoms with E-state index in [2.05, 4.69) is 10.4 Å². The first-order valence-corrected chi connectivity index (χ1v) is 7.13. The molecule has 2 aromatic rings.